The predicted molar refractivity (Wildman–Crippen MR) is 99.6 cm³/mol. The van der Waals surface area contributed by atoms with Crippen molar-refractivity contribution in [2.24, 2.45) is 0 Å². The number of hydrogen-bond acceptors (Lipinski definition) is 7. The van der Waals surface area contributed by atoms with Crippen LogP contribution in [-0.4, -0.2) is 43.9 Å². The summed E-state index contributed by atoms with van der Waals surface area (Å²) in [4.78, 5) is 24.3. The van der Waals surface area contributed by atoms with Gasteiger partial charge in [0.15, 0.2) is 15.9 Å². The second kappa shape index (κ2) is 8.47. The van der Waals surface area contributed by atoms with Gasteiger partial charge in [-0.05, 0) is 37.6 Å². The van der Waals surface area contributed by atoms with Crippen molar-refractivity contribution in [3.8, 4) is 5.75 Å². The van der Waals surface area contributed by atoms with E-state index in [1.165, 1.54) is 13.0 Å². The van der Waals surface area contributed by atoms with Crippen molar-refractivity contribution in [3.05, 3.63) is 54.0 Å². The third-order valence-electron chi connectivity index (χ3n) is 4.22. The number of hydrogen-bond donors (Lipinski definition) is 1. The minimum atomic E-state index is -3.11. The first-order valence-electron chi connectivity index (χ1n) is 8.81. The van der Waals surface area contributed by atoms with Crippen LogP contribution in [-0.2, 0) is 26.0 Å². The molecule has 1 N–H and O–H groups in total. The fourth-order valence-corrected chi connectivity index (χ4v) is 4.41. The van der Waals surface area contributed by atoms with Crippen LogP contribution in [0.3, 0.4) is 0 Å². The van der Waals surface area contributed by atoms with Gasteiger partial charge in [-0.3, -0.25) is 4.79 Å². The van der Waals surface area contributed by atoms with E-state index >= 15 is 0 Å². The molecule has 2 atom stereocenters. The highest BCUT2D eigenvalue weighted by molar-refractivity contribution is 7.91. The number of amides is 1. The number of sulfone groups is 1. The van der Waals surface area contributed by atoms with Gasteiger partial charge in [0.25, 0.3) is 5.91 Å². The molecule has 1 amide bonds. The molecule has 2 aromatic rings. The average Bonchev–Trinajstić information content (AvgIpc) is 3.27. The molecule has 0 spiro atoms. The molecule has 8 nitrogen and oxygen atoms in total. The van der Waals surface area contributed by atoms with Crippen molar-refractivity contribution in [1.82, 2.24) is 5.32 Å². The Hall–Kier alpha value is -2.81. The highest BCUT2D eigenvalue weighted by atomic mass is 32.2. The molecule has 0 saturated carbocycles. The summed E-state index contributed by atoms with van der Waals surface area (Å²) in [5, 5.41) is 2.59. The molecule has 0 bridgehead atoms. The molecule has 9 heteroatoms. The van der Waals surface area contributed by atoms with Gasteiger partial charge in [0.05, 0.1) is 11.5 Å². The lowest BCUT2D eigenvalue weighted by molar-refractivity contribution is -0.129. The molecule has 28 heavy (non-hydrogen) atoms. The Morgan fingerprint density at radius 2 is 1.96 bits per heavy atom. The number of rotatable bonds is 7. The number of carbonyl (C=O) groups is 2. The second-order valence-corrected chi connectivity index (χ2v) is 8.75. The first-order chi connectivity index (χ1) is 13.3. The van der Waals surface area contributed by atoms with Crippen LogP contribution in [0.15, 0.2) is 46.9 Å². The Kier molecular flexibility index (Phi) is 6.03. The summed E-state index contributed by atoms with van der Waals surface area (Å²) in [6.07, 6.45) is -0.720. The topological polar surface area (TPSA) is 112 Å². The number of benzene rings is 1. The van der Waals surface area contributed by atoms with Crippen LogP contribution < -0.4 is 10.1 Å². The SMILES string of the molecule is C[C@@H](OC(=O)c1ccc(COc2ccccc2)o1)C(=O)N[C@H]1CCS(=O)(=O)C1. The Bertz CT molecular complexity index is 936. The van der Waals surface area contributed by atoms with Crippen molar-refractivity contribution in [2.45, 2.75) is 32.1 Å². The normalized spacial score (nSPS) is 19.0. The third kappa shape index (κ3) is 5.35. The molecule has 0 unspecified atom stereocenters. The van der Waals surface area contributed by atoms with Gasteiger partial charge in [-0.15, -0.1) is 0 Å². The van der Waals surface area contributed by atoms with Crippen LogP contribution in [0.5, 0.6) is 5.75 Å². The number of carbonyl (C=O) groups excluding carboxylic acids is 2. The van der Waals surface area contributed by atoms with Crippen LogP contribution in [0.4, 0.5) is 0 Å². The molecule has 1 saturated heterocycles. The van der Waals surface area contributed by atoms with Crippen molar-refractivity contribution in [2.75, 3.05) is 11.5 Å². The van der Waals surface area contributed by atoms with Crippen LogP contribution in [0, 0.1) is 0 Å². The molecule has 1 aliphatic heterocycles. The van der Waals surface area contributed by atoms with Crippen LogP contribution >= 0.6 is 0 Å². The van der Waals surface area contributed by atoms with Gasteiger partial charge in [0, 0.05) is 6.04 Å². The van der Waals surface area contributed by atoms with E-state index in [0.717, 1.165) is 0 Å². The molecule has 150 valence electrons. The Morgan fingerprint density at radius 3 is 2.64 bits per heavy atom. The van der Waals surface area contributed by atoms with E-state index in [9.17, 15) is 18.0 Å². The fraction of sp³-hybridized carbons (Fsp3) is 0.368. The van der Waals surface area contributed by atoms with E-state index in [1.807, 2.05) is 18.2 Å². The molecule has 0 radical (unpaired) electrons. The standard InChI is InChI=1S/C19H21NO7S/c1-13(18(21)20-14-9-10-28(23,24)12-14)26-19(22)17-8-7-16(27-17)11-25-15-5-3-2-4-6-15/h2-8,13-14H,9-12H2,1H3,(H,20,21)/t13-,14+/m1/s1. The molecule has 1 aromatic heterocycles. The highest BCUT2D eigenvalue weighted by Gasteiger charge is 2.31. The minimum Gasteiger partial charge on any atom is -0.486 e. The lowest BCUT2D eigenvalue weighted by atomic mass is 10.2. The summed E-state index contributed by atoms with van der Waals surface area (Å²) in [7, 11) is -3.11. The molecular formula is C19H21NO7S. The zero-order valence-corrected chi connectivity index (χ0v) is 16.1. The highest BCUT2D eigenvalue weighted by Crippen LogP contribution is 2.15. The van der Waals surface area contributed by atoms with Gasteiger partial charge in [-0.2, -0.15) is 0 Å². The van der Waals surface area contributed by atoms with E-state index in [-0.39, 0.29) is 23.9 Å². The maximum Gasteiger partial charge on any atom is 0.375 e. The second-order valence-electron chi connectivity index (χ2n) is 6.52. The van der Waals surface area contributed by atoms with Crippen molar-refractivity contribution in [3.63, 3.8) is 0 Å². The maximum atomic E-state index is 12.2. The molecule has 1 fully saturated rings. The molecular weight excluding hydrogens is 386 g/mol. The predicted octanol–water partition coefficient (Wildman–Crippen LogP) is 1.71. The molecule has 0 aliphatic carbocycles. The van der Waals surface area contributed by atoms with Gasteiger partial charge in [-0.25, -0.2) is 13.2 Å². The fourth-order valence-electron chi connectivity index (χ4n) is 2.74. The van der Waals surface area contributed by atoms with E-state index in [2.05, 4.69) is 5.32 Å². The number of nitrogens with one attached hydrogen (secondary N) is 1. The van der Waals surface area contributed by atoms with E-state index in [1.54, 1.807) is 18.2 Å². The first-order valence-corrected chi connectivity index (χ1v) is 10.6. The van der Waals surface area contributed by atoms with Gasteiger partial charge in [-0.1, -0.05) is 18.2 Å². The lowest BCUT2D eigenvalue weighted by Crippen LogP contribution is -2.42. The third-order valence-corrected chi connectivity index (χ3v) is 5.99. The average molecular weight is 407 g/mol. The van der Waals surface area contributed by atoms with Crippen LogP contribution in [0.2, 0.25) is 0 Å². The number of esters is 1. The summed E-state index contributed by atoms with van der Waals surface area (Å²) >= 11 is 0. The van der Waals surface area contributed by atoms with Crippen molar-refractivity contribution in [1.29, 1.82) is 0 Å². The minimum absolute atomic E-state index is 0.0465. The van der Waals surface area contributed by atoms with Crippen molar-refractivity contribution >= 4 is 21.7 Å². The first kappa shape index (κ1) is 19.9. The smallest absolute Gasteiger partial charge is 0.375 e. The zero-order valence-electron chi connectivity index (χ0n) is 15.3. The summed E-state index contributed by atoms with van der Waals surface area (Å²) in [6, 6.07) is 11.7. The Balaban J connectivity index is 1.48. The quantitative estimate of drug-likeness (QED) is 0.695. The van der Waals surface area contributed by atoms with Crippen molar-refractivity contribution < 1.29 is 31.9 Å². The molecule has 1 aliphatic rings. The number of furan rings is 1. The largest absolute Gasteiger partial charge is 0.486 e. The van der Waals surface area contributed by atoms with Gasteiger partial charge < -0.3 is 19.2 Å². The maximum absolute atomic E-state index is 12.2. The Labute approximate surface area is 162 Å². The molecule has 1 aromatic carbocycles. The van der Waals surface area contributed by atoms with Crippen LogP contribution in [0.25, 0.3) is 0 Å². The Morgan fingerprint density at radius 1 is 1.21 bits per heavy atom. The summed E-state index contributed by atoms with van der Waals surface area (Å²) in [5.41, 5.74) is 0. The lowest BCUT2D eigenvalue weighted by Gasteiger charge is -2.16. The number of para-hydroxylation sites is 1. The van der Waals surface area contributed by atoms with E-state index in [0.29, 0.717) is 17.9 Å². The van der Waals surface area contributed by atoms with Gasteiger partial charge in [0.2, 0.25) is 5.76 Å². The van der Waals surface area contributed by atoms with Gasteiger partial charge >= 0.3 is 5.97 Å². The van der Waals surface area contributed by atoms with Gasteiger partial charge in [0.1, 0.15) is 18.1 Å². The van der Waals surface area contributed by atoms with Crippen LogP contribution in [0.1, 0.15) is 29.7 Å². The summed E-state index contributed by atoms with van der Waals surface area (Å²) in [6.45, 7) is 1.56. The molecule has 3 rings (SSSR count). The van der Waals surface area contributed by atoms with E-state index in [4.69, 9.17) is 13.9 Å². The summed E-state index contributed by atoms with van der Waals surface area (Å²) < 4.78 is 38.9. The van der Waals surface area contributed by atoms with E-state index < -0.39 is 33.9 Å². The number of ether oxygens (including phenoxy) is 2. The zero-order chi connectivity index (χ0) is 20.1. The summed E-state index contributed by atoms with van der Waals surface area (Å²) in [5.74, 6) is -0.322. The molecule has 2 heterocycles. The monoisotopic (exact) mass is 407 g/mol.